The molecule has 1 fully saturated rings. The zero-order valence-electron chi connectivity index (χ0n) is 14.4. The van der Waals surface area contributed by atoms with Gasteiger partial charge in [-0.3, -0.25) is 0 Å². The molecule has 2 aromatic rings. The molecule has 28 heavy (non-hydrogen) atoms. The van der Waals surface area contributed by atoms with Crippen molar-refractivity contribution in [1.82, 2.24) is 9.62 Å². The van der Waals surface area contributed by atoms with Crippen LogP contribution in [0.5, 0.6) is 0 Å². The van der Waals surface area contributed by atoms with Crippen molar-refractivity contribution < 1.29 is 13.0 Å². The van der Waals surface area contributed by atoms with Gasteiger partial charge in [0.15, 0.2) is 9.79 Å². The molecule has 0 bridgehead atoms. The van der Waals surface area contributed by atoms with Crippen LogP contribution in [0.15, 0.2) is 51.1 Å². The third-order valence-corrected chi connectivity index (χ3v) is 7.94. The maximum absolute atomic E-state index is 13.1. The summed E-state index contributed by atoms with van der Waals surface area (Å²) in [5.74, 6) is 0. The highest BCUT2D eigenvalue weighted by Gasteiger charge is 2.33. The molecule has 1 N–H and O–H groups in total. The normalized spacial score (nSPS) is 16.1. The van der Waals surface area contributed by atoms with Gasteiger partial charge in [0.1, 0.15) is 4.90 Å². The lowest BCUT2D eigenvalue weighted by molar-refractivity contribution is 0.359. The number of sulfonamides is 1. The molecule has 1 aliphatic rings. The van der Waals surface area contributed by atoms with Crippen molar-refractivity contribution in [2.45, 2.75) is 14.7 Å². The summed E-state index contributed by atoms with van der Waals surface area (Å²) in [7, 11) is -3.92. The summed E-state index contributed by atoms with van der Waals surface area (Å²) in [4.78, 5) is 0.234. The number of nitrogens with zero attached hydrogens (tertiary/aromatic N) is 2. The number of nitrogens with one attached hydrogen (secondary N) is 1. The number of hydrogen-bond donors (Lipinski definition) is 1. The van der Waals surface area contributed by atoms with Crippen LogP contribution >= 0.6 is 35.6 Å². The average molecular weight is 481 g/mol. The van der Waals surface area contributed by atoms with Crippen molar-refractivity contribution in [2.24, 2.45) is 0 Å². The van der Waals surface area contributed by atoms with E-state index >= 15 is 0 Å². The third-order valence-electron chi connectivity index (χ3n) is 4.02. The van der Waals surface area contributed by atoms with Gasteiger partial charge in [-0.05, 0) is 24.3 Å². The molecule has 0 spiro atoms. The van der Waals surface area contributed by atoms with Crippen LogP contribution in [-0.4, -0.2) is 43.5 Å². The van der Waals surface area contributed by atoms with Gasteiger partial charge in [-0.2, -0.15) is 9.57 Å². The summed E-state index contributed by atoms with van der Waals surface area (Å²) < 4.78 is 40.7. The standard InChI is InChI=1S/C17H15Cl2N3O3S2.ClH/c18-13-8-14(19)10-15(9-13)26(23)16-2-1-12(11-20)7-17(16)27(24,25)22-5-3-21-4-6-22;/h1-2,7-10,21H,3-6H2;1H. The first-order chi connectivity index (χ1) is 12.8. The second-order valence-corrected chi connectivity index (χ2v) is 10.0. The SMILES string of the molecule is Cl.N#Cc1ccc([S+]([O-])c2cc(Cl)cc(Cl)c2)c(S(=O)(=O)N2CCNCC2)c1. The van der Waals surface area contributed by atoms with E-state index in [1.54, 1.807) is 0 Å². The highest BCUT2D eigenvalue weighted by Crippen LogP contribution is 2.32. The van der Waals surface area contributed by atoms with Crippen LogP contribution in [-0.2, 0) is 21.2 Å². The first-order valence-corrected chi connectivity index (χ1v) is 11.3. The van der Waals surface area contributed by atoms with Crippen molar-refractivity contribution in [2.75, 3.05) is 26.2 Å². The lowest BCUT2D eigenvalue weighted by Crippen LogP contribution is -2.46. The summed E-state index contributed by atoms with van der Waals surface area (Å²) in [6.45, 7) is 1.65. The van der Waals surface area contributed by atoms with Gasteiger partial charge < -0.3 is 9.87 Å². The van der Waals surface area contributed by atoms with E-state index in [1.807, 2.05) is 6.07 Å². The van der Waals surface area contributed by atoms with Crippen LogP contribution in [0.1, 0.15) is 5.56 Å². The molecule has 0 aromatic heterocycles. The van der Waals surface area contributed by atoms with Gasteiger partial charge >= 0.3 is 0 Å². The van der Waals surface area contributed by atoms with Crippen molar-refractivity contribution in [3.05, 3.63) is 52.0 Å². The van der Waals surface area contributed by atoms with E-state index in [0.29, 0.717) is 36.2 Å². The van der Waals surface area contributed by atoms with Crippen molar-refractivity contribution in [1.29, 1.82) is 5.26 Å². The Labute approximate surface area is 183 Å². The lowest BCUT2D eigenvalue weighted by atomic mass is 10.2. The quantitative estimate of drug-likeness (QED) is 0.679. The Morgan fingerprint density at radius 3 is 2.29 bits per heavy atom. The first kappa shape index (κ1) is 23.3. The van der Waals surface area contributed by atoms with Gasteiger partial charge in [-0.15, -0.1) is 12.4 Å². The molecular formula is C17H16Cl3N3O3S2. The molecular weight excluding hydrogens is 465 g/mol. The van der Waals surface area contributed by atoms with Gasteiger partial charge in [0, 0.05) is 59.5 Å². The molecule has 1 heterocycles. The number of piperazine rings is 1. The fourth-order valence-corrected chi connectivity index (χ4v) is 6.61. The van der Waals surface area contributed by atoms with Crippen LogP contribution in [0.3, 0.4) is 0 Å². The summed E-state index contributed by atoms with van der Waals surface area (Å²) in [6, 6.07) is 10.5. The van der Waals surface area contributed by atoms with Crippen LogP contribution < -0.4 is 5.32 Å². The van der Waals surface area contributed by atoms with E-state index in [0.717, 1.165) is 0 Å². The number of rotatable bonds is 4. The molecule has 0 saturated carbocycles. The molecule has 0 amide bonds. The van der Waals surface area contributed by atoms with E-state index in [4.69, 9.17) is 23.2 Å². The Bertz CT molecular complexity index is 986. The zero-order valence-corrected chi connectivity index (χ0v) is 18.4. The number of benzene rings is 2. The maximum atomic E-state index is 13.1. The average Bonchev–Trinajstić information content (AvgIpc) is 2.67. The molecule has 1 atom stereocenters. The summed E-state index contributed by atoms with van der Waals surface area (Å²) in [5.41, 5.74) is 0.175. The first-order valence-electron chi connectivity index (χ1n) is 7.96. The molecule has 1 aliphatic heterocycles. The largest absolute Gasteiger partial charge is 0.606 e. The topological polar surface area (TPSA) is 96.3 Å². The Hall–Kier alpha value is -1.02. The van der Waals surface area contributed by atoms with Crippen molar-refractivity contribution >= 4 is 56.8 Å². The van der Waals surface area contributed by atoms with Crippen LogP contribution in [0.4, 0.5) is 0 Å². The highest BCUT2D eigenvalue weighted by molar-refractivity contribution is 7.93. The molecule has 2 aromatic carbocycles. The second kappa shape index (κ2) is 9.65. The van der Waals surface area contributed by atoms with E-state index < -0.39 is 21.2 Å². The predicted molar refractivity (Wildman–Crippen MR) is 111 cm³/mol. The van der Waals surface area contributed by atoms with Crippen LogP contribution in [0.2, 0.25) is 10.0 Å². The van der Waals surface area contributed by atoms with Crippen molar-refractivity contribution in [3.63, 3.8) is 0 Å². The predicted octanol–water partition coefficient (Wildman–Crippen LogP) is 3.05. The molecule has 0 aliphatic carbocycles. The maximum Gasteiger partial charge on any atom is 0.248 e. The molecule has 3 rings (SSSR count). The zero-order chi connectivity index (χ0) is 19.6. The monoisotopic (exact) mass is 479 g/mol. The van der Waals surface area contributed by atoms with Gasteiger partial charge in [0.2, 0.25) is 10.0 Å². The minimum absolute atomic E-state index is 0. The number of hydrogen-bond acceptors (Lipinski definition) is 5. The minimum Gasteiger partial charge on any atom is -0.606 e. The third kappa shape index (κ3) is 4.93. The van der Waals surface area contributed by atoms with Crippen molar-refractivity contribution in [3.8, 4) is 6.07 Å². The Morgan fingerprint density at radius 2 is 1.71 bits per heavy atom. The second-order valence-electron chi connectivity index (χ2n) is 5.80. The summed E-state index contributed by atoms with van der Waals surface area (Å²) in [6.07, 6.45) is 0. The molecule has 0 radical (unpaired) electrons. The smallest absolute Gasteiger partial charge is 0.248 e. The number of nitriles is 1. The van der Waals surface area contributed by atoms with Gasteiger partial charge in [-0.25, -0.2) is 8.42 Å². The van der Waals surface area contributed by atoms with E-state index in [2.05, 4.69) is 5.32 Å². The Morgan fingerprint density at radius 1 is 1.11 bits per heavy atom. The molecule has 1 saturated heterocycles. The van der Waals surface area contributed by atoms with E-state index in [-0.39, 0.29) is 32.7 Å². The minimum atomic E-state index is -3.92. The van der Waals surface area contributed by atoms with Gasteiger partial charge in [-0.1, -0.05) is 23.2 Å². The molecule has 150 valence electrons. The van der Waals surface area contributed by atoms with Gasteiger partial charge in [0.05, 0.1) is 11.6 Å². The fourth-order valence-electron chi connectivity index (χ4n) is 2.72. The molecule has 1 unspecified atom stereocenters. The lowest BCUT2D eigenvalue weighted by Gasteiger charge is -2.27. The Balaban J connectivity index is 0.00000280. The number of halogens is 3. The van der Waals surface area contributed by atoms with Crippen LogP contribution in [0, 0.1) is 11.3 Å². The van der Waals surface area contributed by atoms with Gasteiger partial charge in [0.25, 0.3) is 0 Å². The molecule has 6 nitrogen and oxygen atoms in total. The van der Waals surface area contributed by atoms with E-state index in [1.165, 1.54) is 40.7 Å². The van der Waals surface area contributed by atoms with Crippen LogP contribution in [0.25, 0.3) is 0 Å². The summed E-state index contributed by atoms with van der Waals surface area (Å²) in [5, 5.41) is 12.9. The Kier molecular flexibility index (Phi) is 8.02. The van der Waals surface area contributed by atoms with E-state index in [9.17, 15) is 18.2 Å². The summed E-state index contributed by atoms with van der Waals surface area (Å²) >= 11 is 10.1. The molecule has 11 heteroatoms. The fraction of sp³-hybridized carbons (Fsp3) is 0.235. The highest BCUT2D eigenvalue weighted by atomic mass is 35.5.